The first kappa shape index (κ1) is 17.9. The summed E-state index contributed by atoms with van der Waals surface area (Å²) in [5, 5.41) is 11.5. The average Bonchev–Trinajstić information content (AvgIpc) is 3.17. The highest BCUT2D eigenvalue weighted by Crippen LogP contribution is 2.51. The third kappa shape index (κ3) is 2.79. The van der Waals surface area contributed by atoms with Crippen molar-refractivity contribution in [3.63, 3.8) is 0 Å². The predicted molar refractivity (Wildman–Crippen MR) is 116 cm³/mol. The van der Waals surface area contributed by atoms with Crippen LogP contribution < -0.4 is 10.5 Å². The number of sulfonamides is 1. The molecule has 2 aliphatic rings. The van der Waals surface area contributed by atoms with Crippen molar-refractivity contribution in [1.82, 2.24) is 0 Å². The van der Waals surface area contributed by atoms with Gasteiger partial charge in [0, 0.05) is 16.1 Å². The number of nitrogens with two attached hydrogens (primary N) is 1. The van der Waals surface area contributed by atoms with Gasteiger partial charge in [0.2, 0.25) is 10.0 Å². The molecule has 142 valence electrons. The molecule has 1 aliphatic carbocycles. The Kier molecular flexibility index (Phi) is 4.12. The van der Waals surface area contributed by atoms with Gasteiger partial charge in [-0.1, -0.05) is 58.4 Å². The van der Waals surface area contributed by atoms with Gasteiger partial charge < -0.3 is 5.32 Å². The molecule has 0 spiro atoms. The highest BCUT2D eigenvalue weighted by atomic mass is 79.9. The zero-order valence-electron chi connectivity index (χ0n) is 15.0. The van der Waals surface area contributed by atoms with E-state index in [1.807, 2.05) is 6.07 Å². The zero-order valence-corrected chi connectivity index (χ0v) is 17.4. The second-order valence-electron chi connectivity index (χ2n) is 7.45. The number of hydrogen-bond acceptors (Lipinski definition) is 3. The molecule has 0 aromatic heterocycles. The Morgan fingerprint density at radius 2 is 1.79 bits per heavy atom. The summed E-state index contributed by atoms with van der Waals surface area (Å²) in [4.78, 5) is 0.166. The Morgan fingerprint density at radius 3 is 2.57 bits per heavy atom. The Morgan fingerprint density at radius 1 is 1.00 bits per heavy atom. The van der Waals surface area contributed by atoms with Crippen LogP contribution in [0.15, 0.2) is 76.1 Å². The molecule has 0 fully saturated rings. The van der Waals surface area contributed by atoms with Crippen LogP contribution in [0.25, 0.3) is 10.8 Å². The number of rotatable bonds is 2. The summed E-state index contributed by atoms with van der Waals surface area (Å²) in [6.07, 6.45) is 5.35. The molecule has 1 heterocycles. The fourth-order valence-electron chi connectivity index (χ4n) is 4.61. The van der Waals surface area contributed by atoms with Gasteiger partial charge in [-0.2, -0.15) is 0 Å². The van der Waals surface area contributed by atoms with Gasteiger partial charge in [0.05, 0.1) is 10.9 Å². The van der Waals surface area contributed by atoms with Gasteiger partial charge in [0.1, 0.15) is 0 Å². The lowest BCUT2D eigenvalue weighted by Gasteiger charge is -2.38. The molecular weight excluding hydrogens is 436 g/mol. The van der Waals surface area contributed by atoms with Gasteiger partial charge in [0.15, 0.2) is 0 Å². The number of halogens is 1. The molecule has 5 rings (SSSR count). The van der Waals surface area contributed by atoms with Crippen LogP contribution in [-0.2, 0) is 10.0 Å². The number of benzene rings is 3. The van der Waals surface area contributed by atoms with E-state index in [1.54, 1.807) is 12.1 Å². The van der Waals surface area contributed by atoms with Gasteiger partial charge in [0.25, 0.3) is 0 Å². The average molecular weight is 455 g/mol. The molecule has 3 aromatic carbocycles. The summed E-state index contributed by atoms with van der Waals surface area (Å²) in [6, 6.07) is 18.0. The SMILES string of the molecule is NS(=O)(=O)c1ccc2c(c1)C1C=CCC1C(c1ccc(Br)c3ccccc13)N2. The fourth-order valence-corrected chi connectivity index (χ4v) is 5.64. The van der Waals surface area contributed by atoms with Crippen LogP contribution >= 0.6 is 15.9 Å². The van der Waals surface area contributed by atoms with Crippen LogP contribution in [0.5, 0.6) is 0 Å². The highest BCUT2D eigenvalue weighted by molar-refractivity contribution is 9.10. The molecule has 3 unspecified atom stereocenters. The summed E-state index contributed by atoms with van der Waals surface area (Å²) in [5.41, 5.74) is 3.24. The summed E-state index contributed by atoms with van der Waals surface area (Å²) < 4.78 is 24.7. The van der Waals surface area contributed by atoms with Gasteiger partial charge >= 0.3 is 0 Å². The van der Waals surface area contributed by atoms with Crippen molar-refractivity contribution >= 4 is 42.4 Å². The number of anilines is 1. The summed E-state index contributed by atoms with van der Waals surface area (Å²) in [5.74, 6) is 0.498. The molecule has 6 heteroatoms. The van der Waals surface area contributed by atoms with Crippen molar-refractivity contribution in [2.75, 3.05) is 5.32 Å². The van der Waals surface area contributed by atoms with E-state index in [2.05, 4.69) is 69.8 Å². The first-order chi connectivity index (χ1) is 13.4. The molecule has 3 N–H and O–H groups in total. The molecule has 0 radical (unpaired) electrons. The van der Waals surface area contributed by atoms with E-state index >= 15 is 0 Å². The normalized spacial score (nSPS) is 23.3. The first-order valence-electron chi connectivity index (χ1n) is 9.20. The van der Waals surface area contributed by atoms with Crippen molar-refractivity contribution in [3.8, 4) is 0 Å². The van der Waals surface area contributed by atoms with Crippen LogP contribution in [0, 0.1) is 5.92 Å². The Hall–Kier alpha value is -2.15. The third-order valence-electron chi connectivity index (χ3n) is 5.90. The number of fused-ring (bicyclic) bond motifs is 4. The molecule has 28 heavy (non-hydrogen) atoms. The Bertz CT molecular complexity index is 1240. The minimum atomic E-state index is -3.72. The molecule has 4 nitrogen and oxygen atoms in total. The minimum absolute atomic E-state index is 0.144. The monoisotopic (exact) mass is 454 g/mol. The molecule has 0 saturated carbocycles. The number of nitrogens with one attached hydrogen (secondary N) is 1. The van der Waals surface area contributed by atoms with Crippen LogP contribution in [0.4, 0.5) is 5.69 Å². The van der Waals surface area contributed by atoms with Crippen molar-refractivity contribution in [2.24, 2.45) is 11.1 Å². The Balaban J connectivity index is 1.66. The van der Waals surface area contributed by atoms with E-state index in [4.69, 9.17) is 5.14 Å². The maximum absolute atomic E-state index is 11.8. The molecule has 0 saturated heterocycles. The molecule has 0 amide bonds. The van der Waals surface area contributed by atoms with E-state index < -0.39 is 10.0 Å². The summed E-state index contributed by atoms with van der Waals surface area (Å²) >= 11 is 3.66. The van der Waals surface area contributed by atoms with Crippen LogP contribution in [-0.4, -0.2) is 8.42 Å². The predicted octanol–water partition coefficient (Wildman–Crippen LogP) is 5.08. The highest BCUT2D eigenvalue weighted by Gasteiger charge is 2.38. The zero-order chi connectivity index (χ0) is 19.5. The summed E-state index contributed by atoms with van der Waals surface area (Å²) in [7, 11) is -3.72. The van der Waals surface area contributed by atoms with Gasteiger partial charge in [-0.3, -0.25) is 0 Å². The van der Waals surface area contributed by atoms with Crippen molar-refractivity contribution in [3.05, 3.63) is 82.3 Å². The largest absolute Gasteiger partial charge is 0.378 e. The van der Waals surface area contributed by atoms with Crippen LogP contribution in [0.2, 0.25) is 0 Å². The standard InChI is InChI=1S/C22H19BrN2O2S/c23-20-10-9-18(14-4-1-2-5-16(14)20)22-17-7-3-6-15(17)19-12-13(28(24,26)27)8-11-21(19)25-22/h1-6,8-12,15,17,22,25H,7H2,(H2,24,26,27). The van der Waals surface area contributed by atoms with Gasteiger partial charge in [-0.05, 0) is 58.5 Å². The van der Waals surface area contributed by atoms with Gasteiger partial charge in [-0.25, -0.2) is 13.6 Å². The minimum Gasteiger partial charge on any atom is -0.378 e. The molecule has 3 atom stereocenters. The van der Waals surface area contributed by atoms with E-state index in [-0.39, 0.29) is 16.9 Å². The molecule has 0 bridgehead atoms. The number of primary sulfonamides is 1. The van der Waals surface area contributed by atoms with Crippen LogP contribution in [0.1, 0.15) is 29.5 Å². The molecule has 3 aromatic rings. The van der Waals surface area contributed by atoms with Crippen LogP contribution in [0.3, 0.4) is 0 Å². The molecule has 1 aliphatic heterocycles. The summed E-state index contributed by atoms with van der Waals surface area (Å²) in [6.45, 7) is 0. The van der Waals surface area contributed by atoms with Crippen molar-refractivity contribution in [2.45, 2.75) is 23.3 Å². The topological polar surface area (TPSA) is 72.2 Å². The van der Waals surface area contributed by atoms with Crippen molar-refractivity contribution < 1.29 is 8.42 Å². The van der Waals surface area contributed by atoms with E-state index in [1.165, 1.54) is 16.3 Å². The molecular formula is C22H19BrN2O2S. The number of hydrogen-bond donors (Lipinski definition) is 2. The third-order valence-corrected chi connectivity index (χ3v) is 7.50. The number of allylic oxidation sites excluding steroid dienone is 2. The quantitative estimate of drug-likeness (QED) is 0.530. The second kappa shape index (κ2) is 6.44. The first-order valence-corrected chi connectivity index (χ1v) is 11.5. The lowest BCUT2D eigenvalue weighted by Crippen LogP contribution is -2.29. The second-order valence-corrected chi connectivity index (χ2v) is 9.87. The fraction of sp³-hybridized carbons (Fsp3) is 0.182. The Labute approximate surface area is 172 Å². The maximum atomic E-state index is 11.8. The lowest BCUT2D eigenvalue weighted by molar-refractivity contribution is 0.427. The smallest absolute Gasteiger partial charge is 0.238 e. The van der Waals surface area contributed by atoms with Crippen molar-refractivity contribution in [1.29, 1.82) is 0 Å². The lowest BCUT2D eigenvalue weighted by atomic mass is 9.76. The maximum Gasteiger partial charge on any atom is 0.238 e. The van der Waals surface area contributed by atoms with E-state index in [0.29, 0.717) is 5.92 Å². The van der Waals surface area contributed by atoms with E-state index in [0.717, 1.165) is 22.1 Å². The van der Waals surface area contributed by atoms with Gasteiger partial charge in [-0.15, -0.1) is 0 Å². The van der Waals surface area contributed by atoms with E-state index in [9.17, 15) is 8.42 Å².